The fourth-order valence-corrected chi connectivity index (χ4v) is 6.16. The van der Waals surface area contributed by atoms with E-state index >= 15 is 0 Å². The van der Waals surface area contributed by atoms with E-state index in [2.05, 4.69) is 25.9 Å². The van der Waals surface area contributed by atoms with Crippen molar-refractivity contribution in [3.8, 4) is 6.01 Å². The van der Waals surface area contributed by atoms with Gasteiger partial charge in [0.1, 0.15) is 10.3 Å². The van der Waals surface area contributed by atoms with Crippen molar-refractivity contribution in [2.75, 3.05) is 13.1 Å². The van der Waals surface area contributed by atoms with Crippen molar-refractivity contribution in [2.45, 2.75) is 29.3 Å². The third-order valence-corrected chi connectivity index (χ3v) is 7.64. The van der Waals surface area contributed by atoms with Crippen LogP contribution < -0.4 is 4.74 Å². The Kier molecular flexibility index (Phi) is 5.56. The Balaban J connectivity index is 1.73. The maximum absolute atomic E-state index is 12.7. The summed E-state index contributed by atoms with van der Waals surface area (Å²) in [7, 11) is -3.68. The van der Waals surface area contributed by atoms with E-state index < -0.39 is 34.0 Å². The van der Waals surface area contributed by atoms with E-state index in [0.717, 1.165) is 23.6 Å². The van der Waals surface area contributed by atoms with Crippen molar-refractivity contribution in [1.29, 1.82) is 0 Å². The van der Waals surface area contributed by atoms with Crippen molar-refractivity contribution < 1.29 is 26.3 Å². The van der Waals surface area contributed by atoms with Gasteiger partial charge in [0.2, 0.25) is 0 Å². The second kappa shape index (κ2) is 7.41. The van der Waals surface area contributed by atoms with Crippen molar-refractivity contribution in [2.24, 2.45) is 0 Å². The van der Waals surface area contributed by atoms with Crippen LogP contribution in [-0.4, -0.2) is 41.9 Å². The second-order valence-electron chi connectivity index (χ2n) is 5.53. The number of nitrogens with zero attached hydrogens (tertiary/aromatic N) is 3. The Morgan fingerprint density at radius 3 is 2.73 bits per heavy atom. The van der Waals surface area contributed by atoms with Gasteiger partial charge in [-0.1, -0.05) is 0 Å². The number of alkyl halides is 3. The van der Waals surface area contributed by atoms with Crippen molar-refractivity contribution in [3.63, 3.8) is 0 Å². The molecule has 0 N–H and O–H groups in total. The minimum atomic E-state index is -4.60. The van der Waals surface area contributed by atoms with Crippen LogP contribution in [0.15, 0.2) is 32.4 Å². The average molecular weight is 472 g/mol. The molecule has 1 aliphatic heterocycles. The van der Waals surface area contributed by atoms with E-state index in [1.54, 1.807) is 6.07 Å². The summed E-state index contributed by atoms with van der Waals surface area (Å²) in [5, 5.41) is 0. The lowest BCUT2D eigenvalue weighted by molar-refractivity contribution is -0.141. The molecule has 6 nitrogen and oxygen atoms in total. The van der Waals surface area contributed by atoms with E-state index in [1.807, 2.05) is 0 Å². The summed E-state index contributed by atoms with van der Waals surface area (Å²) in [6.45, 7) is 0.346. The molecule has 2 aromatic rings. The fourth-order valence-electron chi connectivity index (χ4n) is 2.49. The molecule has 1 saturated heterocycles. The lowest BCUT2D eigenvalue weighted by Crippen LogP contribution is -2.44. The molecule has 12 heteroatoms. The van der Waals surface area contributed by atoms with Gasteiger partial charge in [-0.05, 0) is 47.0 Å². The normalized spacial score (nSPS) is 19.5. The highest BCUT2D eigenvalue weighted by Crippen LogP contribution is 2.31. The van der Waals surface area contributed by atoms with Gasteiger partial charge in [-0.15, -0.1) is 11.3 Å². The molecule has 1 unspecified atom stereocenters. The molecular formula is C14H13BrF3N3O3S2. The van der Waals surface area contributed by atoms with Gasteiger partial charge in [0.15, 0.2) is 5.69 Å². The summed E-state index contributed by atoms with van der Waals surface area (Å²) in [6, 6.07) is 3.48. The molecule has 142 valence electrons. The van der Waals surface area contributed by atoms with E-state index in [-0.39, 0.29) is 10.8 Å². The molecular weight excluding hydrogens is 459 g/mol. The van der Waals surface area contributed by atoms with E-state index in [0.29, 0.717) is 23.2 Å². The van der Waals surface area contributed by atoms with Gasteiger partial charge in [-0.2, -0.15) is 22.5 Å². The monoisotopic (exact) mass is 471 g/mol. The zero-order chi connectivity index (χ0) is 18.9. The number of halogens is 4. The zero-order valence-corrected chi connectivity index (χ0v) is 16.3. The Labute approximate surface area is 160 Å². The van der Waals surface area contributed by atoms with Crippen molar-refractivity contribution >= 4 is 37.3 Å². The van der Waals surface area contributed by atoms with E-state index in [9.17, 15) is 21.6 Å². The molecule has 0 aliphatic carbocycles. The molecule has 3 rings (SSSR count). The molecule has 1 atom stereocenters. The first-order valence-electron chi connectivity index (χ1n) is 7.48. The van der Waals surface area contributed by atoms with Crippen LogP contribution in [0.25, 0.3) is 0 Å². The SMILES string of the molecule is O=S(=O)(c1ccc(Br)s1)N1CCCC(Oc2nccc(C(F)(F)F)n2)C1. The van der Waals surface area contributed by atoms with Crippen LogP contribution in [0.4, 0.5) is 13.2 Å². The molecule has 0 amide bonds. The summed E-state index contributed by atoms with van der Waals surface area (Å²) >= 11 is 4.32. The number of hydrogen-bond acceptors (Lipinski definition) is 6. The lowest BCUT2D eigenvalue weighted by Gasteiger charge is -2.31. The highest BCUT2D eigenvalue weighted by atomic mass is 79.9. The molecule has 3 heterocycles. The molecule has 1 aliphatic rings. The van der Waals surface area contributed by atoms with Crippen LogP contribution >= 0.6 is 27.3 Å². The van der Waals surface area contributed by atoms with Gasteiger partial charge in [0.25, 0.3) is 10.0 Å². The number of thiophene rings is 1. The molecule has 0 saturated carbocycles. The number of aromatic nitrogens is 2. The van der Waals surface area contributed by atoms with Crippen LogP contribution in [0.2, 0.25) is 0 Å². The largest absolute Gasteiger partial charge is 0.459 e. The topological polar surface area (TPSA) is 72.4 Å². The molecule has 0 radical (unpaired) electrons. The van der Waals surface area contributed by atoms with Gasteiger partial charge in [-0.25, -0.2) is 13.4 Å². The molecule has 0 aromatic carbocycles. The first-order chi connectivity index (χ1) is 12.2. The maximum atomic E-state index is 12.7. The minimum Gasteiger partial charge on any atom is -0.459 e. The quantitative estimate of drug-likeness (QED) is 0.681. The third-order valence-electron chi connectivity index (χ3n) is 3.68. The molecule has 26 heavy (non-hydrogen) atoms. The van der Waals surface area contributed by atoms with Gasteiger partial charge < -0.3 is 4.74 Å². The highest BCUT2D eigenvalue weighted by molar-refractivity contribution is 9.11. The average Bonchev–Trinajstić information content (AvgIpc) is 3.02. The van der Waals surface area contributed by atoms with Gasteiger partial charge in [0, 0.05) is 12.7 Å². The van der Waals surface area contributed by atoms with Gasteiger partial charge >= 0.3 is 12.2 Å². The van der Waals surface area contributed by atoms with Crippen molar-refractivity contribution in [1.82, 2.24) is 14.3 Å². The minimum absolute atomic E-state index is 0.0253. The first kappa shape index (κ1) is 19.5. The van der Waals surface area contributed by atoms with Crippen LogP contribution in [0.5, 0.6) is 6.01 Å². The Morgan fingerprint density at radius 1 is 1.31 bits per heavy atom. The highest BCUT2D eigenvalue weighted by Gasteiger charge is 2.35. The molecule has 0 bridgehead atoms. The lowest BCUT2D eigenvalue weighted by atomic mass is 10.1. The zero-order valence-electron chi connectivity index (χ0n) is 13.1. The Morgan fingerprint density at radius 2 is 2.08 bits per heavy atom. The standard InChI is InChI=1S/C14H13BrF3N3O3S2/c15-11-3-4-12(25-11)26(22,23)21-7-1-2-9(8-21)24-13-19-6-5-10(20-13)14(16,17)18/h3-6,9H,1-2,7-8H2. The molecule has 1 fully saturated rings. The summed E-state index contributed by atoms with van der Waals surface area (Å²) in [6.07, 6.45) is -3.23. The van der Waals surface area contributed by atoms with Crippen LogP contribution in [-0.2, 0) is 16.2 Å². The summed E-state index contributed by atoms with van der Waals surface area (Å²) in [5.74, 6) is 0. The first-order valence-corrected chi connectivity index (χ1v) is 10.5. The number of sulfonamides is 1. The van der Waals surface area contributed by atoms with E-state index in [4.69, 9.17) is 4.74 Å². The molecule has 0 spiro atoms. The Hall–Kier alpha value is -1.24. The second-order valence-corrected chi connectivity index (χ2v) is 10.2. The maximum Gasteiger partial charge on any atom is 0.433 e. The number of hydrogen-bond donors (Lipinski definition) is 0. The van der Waals surface area contributed by atoms with Crippen molar-refractivity contribution in [3.05, 3.63) is 33.9 Å². The van der Waals surface area contributed by atoms with Crippen LogP contribution in [0.3, 0.4) is 0 Å². The van der Waals surface area contributed by atoms with Gasteiger partial charge in [-0.3, -0.25) is 0 Å². The Bertz CT molecular complexity index is 889. The third kappa shape index (κ3) is 4.35. The van der Waals surface area contributed by atoms with E-state index in [1.165, 1.54) is 10.4 Å². The summed E-state index contributed by atoms with van der Waals surface area (Å²) in [5.41, 5.74) is -1.11. The van der Waals surface area contributed by atoms with Crippen LogP contribution in [0, 0.1) is 0 Å². The van der Waals surface area contributed by atoms with Gasteiger partial charge in [0.05, 0.1) is 10.3 Å². The predicted molar refractivity (Wildman–Crippen MR) is 91.5 cm³/mol. The predicted octanol–water partition coefficient (Wildman–Crippen LogP) is 3.55. The number of rotatable bonds is 4. The number of ether oxygens (including phenoxy) is 1. The summed E-state index contributed by atoms with van der Waals surface area (Å²) in [4.78, 5) is 7.05. The fraction of sp³-hybridized carbons (Fsp3) is 0.429. The van der Waals surface area contributed by atoms with Crippen LogP contribution in [0.1, 0.15) is 18.5 Å². The summed E-state index contributed by atoms with van der Waals surface area (Å²) < 4.78 is 71.1. The smallest absolute Gasteiger partial charge is 0.433 e. The molecule has 2 aromatic heterocycles. The number of piperidine rings is 1.